The monoisotopic (exact) mass is 232 g/mol. The van der Waals surface area contributed by atoms with Gasteiger partial charge in [-0.2, -0.15) is 0 Å². The summed E-state index contributed by atoms with van der Waals surface area (Å²) in [5.74, 6) is 1.95. The highest BCUT2D eigenvalue weighted by molar-refractivity contribution is 5.87. The number of hydrogen-bond donors (Lipinski definition) is 1. The first-order chi connectivity index (χ1) is 8.18. The maximum absolute atomic E-state index is 6.02. The first kappa shape index (κ1) is 12.0. The van der Waals surface area contributed by atoms with Gasteiger partial charge in [-0.1, -0.05) is 18.2 Å². The molecule has 1 atom stereocenters. The number of nitrogens with one attached hydrogen (secondary N) is 1. The van der Waals surface area contributed by atoms with E-state index in [0.717, 1.165) is 31.1 Å². The lowest BCUT2D eigenvalue weighted by Gasteiger charge is -2.23. The molecule has 1 aromatic rings. The number of aryl methyl sites for hydroxylation is 2. The van der Waals surface area contributed by atoms with Crippen LogP contribution in [0.1, 0.15) is 24.5 Å². The van der Waals surface area contributed by atoms with Gasteiger partial charge >= 0.3 is 0 Å². The minimum Gasteiger partial charge on any atom is -0.482 e. The van der Waals surface area contributed by atoms with Crippen LogP contribution in [0.2, 0.25) is 0 Å². The molecule has 17 heavy (non-hydrogen) atoms. The minimum atomic E-state index is -0.00454. The Morgan fingerprint density at radius 2 is 2.00 bits per heavy atom. The Morgan fingerprint density at radius 3 is 2.59 bits per heavy atom. The third kappa shape index (κ3) is 2.78. The molecule has 3 nitrogen and oxygen atoms in total. The van der Waals surface area contributed by atoms with Crippen LogP contribution in [0, 0.1) is 13.8 Å². The van der Waals surface area contributed by atoms with Crippen LogP contribution in [-0.4, -0.2) is 25.0 Å². The number of nitrogens with zero attached hydrogens (tertiary/aromatic N) is 1. The van der Waals surface area contributed by atoms with Crippen molar-refractivity contribution in [1.29, 1.82) is 0 Å². The van der Waals surface area contributed by atoms with E-state index in [1.807, 2.05) is 6.92 Å². The van der Waals surface area contributed by atoms with Gasteiger partial charge in [-0.05, 0) is 38.3 Å². The fourth-order valence-corrected chi connectivity index (χ4v) is 2.04. The van der Waals surface area contributed by atoms with E-state index < -0.39 is 0 Å². The van der Waals surface area contributed by atoms with Crippen LogP contribution in [-0.2, 0) is 0 Å². The molecular weight excluding hydrogens is 212 g/mol. The maximum Gasteiger partial charge on any atom is 0.152 e. The summed E-state index contributed by atoms with van der Waals surface area (Å²) in [6.45, 7) is 8.10. The van der Waals surface area contributed by atoms with Crippen LogP contribution in [0.4, 0.5) is 0 Å². The van der Waals surface area contributed by atoms with Crippen LogP contribution >= 0.6 is 0 Å². The highest BCUT2D eigenvalue weighted by Crippen LogP contribution is 2.23. The normalized spacial score (nSPS) is 17.0. The summed E-state index contributed by atoms with van der Waals surface area (Å²) >= 11 is 0. The second-order valence-corrected chi connectivity index (χ2v) is 4.53. The van der Waals surface area contributed by atoms with E-state index in [0.29, 0.717) is 0 Å². The maximum atomic E-state index is 6.02. The molecule has 3 heteroatoms. The second kappa shape index (κ2) is 5.21. The number of ether oxygens (including phenoxy) is 1. The number of hydrogen-bond acceptors (Lipinski definition) is 3. The Labute approximate surface area is 103 Å². The van der Waals surface area contributed by atoms with Crippen molar-refractivity contribution in [2.75, 3.05) is 13.1 Å². The summed E-state index contributed by atoms with van der Waals surface area (Å²) in [6.07, 6.45) is 1.11. The minimum absolute atomic E-state index is 0.00454. The topological polar surface area (TPSA) is 33.6 Å². The van der Waals surface area contributed by atoms with E-state index in [9.17, 15) is 0 Å². The van der Waals surface area contributed by atoms with Crippen molar-refractivity contribution in [3.63, 3.8) is 0 Å². The number of benzene rings is 1. The van der Waals surface area contributed by atoms with Crippen molar-refractivity contribution in [2.45, 2.75) is 33.3 Å². The highest BCUT2D eigenvalue weighted by Gasteiger charge is 2.16. The number of amidine groups is 1. The fraction of sp³-hybridized carbons (Fsp3) is 0.500. The van der Waals surface area contributed by atoms with Crippen LogP contribution < -0.4 is 10.1 Å². The van der Waals surface area contributed by atoms with Gasteiger partial charge in [-0.15, -0.1) is 0 Å². The van der Waals surface area contributed by atoms with E-state index in [2.05, 4.69) is 42.4 Å². The van der Waals surface area contributed by atoms with Crippen molar-refractivity contribution in [3.05, 3.63) is 29.3 Å². The molecule has 2 rings (SSSR count). The van der Waals surface area contributed by atoms with Gasteiger partial charge < -0.3 is 10.1 Å². The van der Waals surface area contributed by atoms with Crippen molar-refractivity contribution < 1.29 is 4.74 Å². The second-order valence-electron chi connectivity index (χ2n) is 4.53. The predicted molar refractivity (Wildman–Crippen MR) is 70.9 cm³/mol. The zero-order valence-electron chi connectivity index (χ0n) is 10.8. The molecule has 0 aliphatic carbocycles. The first-order valence-electron chi connectivity index (χ1n) is 6.19. The Hall–Kier alpha value is -1.51. The fourth-order valence-electron chi connectivity index (χ4n) is 2.04. The number of rotatable bonds is 3. The molecule has 0 amide bonds. The summed E-state index contributed by atoms with van der Waals surface area (Å²) in [7, 11) is 0. The lowest BCUT2D eigenvalue weighted by atomic mass is 10.1. The van der Waals surface area contributed by atoms with E-state index >= 15 is 0 Å². The zero-order chi connectivity index (χ0) is 12.3. The molecule has 0 bridgehead atoms. The Bertz CT molecular complexity index is 406. The molecule has 0 radical (unpaired) electrons. The van der Waals surface area contributed by atoms with Crippen molar-refractivity contribution in [2.24, 2.45) is 4.99 Å². The van der Waals surface area contributed by atoms with E-state index in [-0.39, 0.29) is 6.10 Å². The summed E-state index contributed by atoms with van der Waals surface area (Å²) in [4.78, 5) is 4.47. The van der Waals surface area contributed by atoms with Crippen molar-refractivity contribution in [1.82, 2.24) is 5.32 Å². The largest absolute Gasteiger partial charge is 0.482 e. The summed E-state index contributed by atoms with van der Waals surface area (Å²) in [6, 6.07) is 6.20. The van der Waals surface area contributed by atoms with Gasteiger partial charge in [0, 0.05) is 13.1 Å². The van der Waals surface area contributed by atoms with Crippen molar-refractivity contribution >= 4 is 5.84 Å². The van der Waals surface area contributed by atoms with Crippen LogP contribution in [0.5, 0.6) is 5.75 Å². The number of para-hydroxylation sites is 1. The Morgan fingerprint density at radius 1 is 1.29 bits per heavy atom. The van der Waals surface area contributed by atoms with Gasteiger partial charge in [0.2, 0.25) is 0 Å². The van der Waals surface area contributed by atoms with Crippen LogP contribution in [0.15, 0.2) is 23.2 Å². The summed E-state index contributed by atoms with van der Waals surface area (Å²) < 4.78 is 6.02. The predicted octanol–water partition coefficient (Wildman–Crippen LogP) is 2.46. The van der Waals surface area contributed by atoms with Crippen molar-refractivity contribution in [3.8, 4) is 5.75 Å². The molecule has 0 saturated carbocycles. The highest BCUT2D eigenvalue weighted by atomic mass is 16.5. The molecule has 1 aliphatic heterocycles. The van der Waals surface area contributed by atoms with E-state index in [1.165, 1.54) is 11.1 Å². The molecule has 1 N–H and O–H groups in total. The molecule has 0 fully saturated rings. The SMILES string of the molecule is Cc1cccc(C)c1O[C@@H](C)C1=NCCCN1. The zero-order valence-corrected chi connectivity index (χ0v) is 10.8. The molecule has 0 spiro atoms. The molecular formula is C14H20N2O. The first-order valence-corrected chi connectivity index (χ1v) is 6.19. The van der Waals surface area contributed by atoms with Crippen LogP contribution in [0.3, 0.4) is 0 Å². The molecule has 1 aromatic carbocycles. The lowest BCUT2D eigenvalue weighted by Crippen LogP contribution is -2.40. The third-order valence-corrected chi connectivity index (χ3v) is 3.01. The van der Waals surface area contributed by atoms with Crippen LogP contribution in [0.25, 0.3) is 0 Å². The average molecular weight is 232 g/mol. The molecule has 1 heterocycles. The molecule has 0 aromatic heterocycles. The lowest BCUT2D eigenvalue weighted by molar-refractivity contribution is 0.277. The van der Waals surface area contributed by atoms with Gasteiger partial charge in [0.05, 0.1) is 0 Å². The molecule has 1 aliphatic rings. The third-order valence-electron chi connectivity index (χ3n) is 3.01. The quantitative estimate of drug-likeness (QED) is 0.868. The van der Waals surface area contributed by atoms with Gasteiger partial charge in [0.1, 0.15) is 11.6 Å². The number of aliphatic imine (C=N–C) groups is 1. The molecule has 92 valence electrons. The molecule has 0 unspecified atom stereocenters. The Kier molecular flexibility index (Phi) is 3.67. The Balaban J connectivity index is 2.12. The van der Waals surface area contributed by atoms with Gasteiger partial charge in [-0.3, -0.25) is 4.99 Å². The summed E-state index contributed by atoms with van der Waals surface area (Å²) in [5, 5.41) is 3.30. The van der Waals surface area contributed by atoms with Gasteiger partial charge in [0.15, 0.2) is 6.10 Å². The standard InChI is InChI=1S/C14H20N2O/c1-10-6-4-7-11(2)13(10)17-12(3)14-15-8-5-9-16-14/h4,6-7,12H,5,8-9H2,1-3H3,(H,15,16)/t12-/m0/s1. The van der Waals surface area contributed by atoms with Gasteiger partial charge in [-0.25, -0.2) is 0 Å². The van der Waals surface area contributed by atoms with E-state index in [4.69, 9.17) is 4.74 Å². The average Bonchev–Trinajstić information content (AvgIpc) is 2.35. The smallest absolute Gasteiger partial charge is 0.152 e. The summed E-state index contributed by atoms with van der Waals surface area (Å²) in [5.41, 5.74) is 2.35. The van der Waals surface area contributed by atoms with E-state index in [1.54, 1.807) is 0 Å². The molecule has 0 saturated heterocycles. The van der Waals surface area contributed by atoms with Gasteiger partial charge in [0.25, 0.3) is 0 Å².